The zero-order chi connectivity index (χ0) is 28.0. The van der Waals surface area contributed by atoms with Crippen LogP contribution < -0.4 is 20.1 Å². The molecule has 7 nitrogen and oxygen atoms in total. The maximum atomic E-state index is 13.0. The molecule has 0 spiro atoms. The predicted octanol–water partition coefficient (Wildman–Crippen LogP) is 5.84. The van der Waals surface area contributed by atoms with Gasteiger partial charge in [0.2, 0.25) is 5.91 Å². The van der Waals surface area contributed by atoms with Gasteiger partial charge in [0, 0.05) is 46.7 Å². The second-order valence-corrected chi connectivity index (χ2v) is 9.46. The molecule has 0 atom stereocenters. The standard InChI is InChI=1S/C28H26F3N3O4S/c1-37-20-10-11-24(38-2)22(15-20)33-26(35)17-39-25-16-34(23-9-4-3-8-21(23)25)13-12-32-27(36)18-6-5-7-19(14-18)28(29,30)31/h3-11,14-16H,12-13,17H2,1-2H3,(H,32,36)(H,33,35). The third-order valence-electron chi connectivity index (χ3n) is 5.88. The third-order valence-corrected chi connectivity index (χ3v) is 6.92. The first kappa shape index (κ1) is 27.9. The topological polar surface area (TPSA) is 81.6 Å². The molecular weight excluding hydrogens is 531 g/mol. The number of nitrogens with one attached hydrogen (secondary N) is 2. The molecule has 0 aliphatic heterocycles. The quantitative estimate of drug-likeness (QED) is 0.240. The largest absolute Gasteiger partial charge is 0.497 e. The monoisotopic (exact) mass is 557 g/mol. The minimum Gasteiger partial charge on any atom is -0.497 e. The van der Waals surface area contributed by atoms with E-state index in [1.165, 1.54) is 38.1 Å². The van der Waals surface area contributed by atoms with Crippen molar-refractivity contribution in [3.63, 3.8) is 0 Å². The van der Waals surface area contributed by atoms with Crippen molar-refractivity contribution in [2.24, 2.45) is 0 Å². The highest BCUT2D eigenvalue weighted by Gasteiger charge is 2.30. The lowest BCUT2D eigenvalue weighted by Gasteiger charge is -2.11. The molecule has 0 fully saturated rings. The van der Waals surface area contributed by atoms with Gasteiger partial charge in [0.1, 0.15) is 11.5 Å². The van der Waals surface area contributed by atoms with Crippen molar-refractivity contribution in [1.82, 2.24) is 9.88 Å². The van der Waals surface area contributed by atoms with Crippen molar-refractivity contribution < 1.29 is 32.2 Å². The molecule has 3 aromatic carbocycles. The Morgan fingerprint density at radius 2 is 1.77 bits per heavy atom. The first-order valence-corrected chi connectivity index (χ1v) is 12.9. The number of rotatable bonds is 10. The molecule has 0 saturated heterocycles. The number of fused-ring (bicyclic) bond motifs is 1. The molecule has 1 aromatic heterocycles. The fraction of sp³-hybridized carbons (Fsp3) is 0.214. The van der Waals surface area contributed by atoms with Gasteiger partial charge in [-0.1, -0.05) is 24.3 Å². The Labute approximate surface area is 227 Å². The van der Waals surface area contributed by atoms with E-state index in [0.29, 0.717) is 23.7 Å². The summed E-state index contributed by atoms with van der Waals surface area (Å²) in [5, 5.41) is 6.47. The van der Waals surface area contributed by atoms with Gasteiger partial charge >= 0.3 is 6.18 Å². The first-order valence-electron chi connectivity index (χ1n) is 11.9. The second kappa shape index (κ2) is 12.2. The van der Waals surface area contributed by atoms with Crippen LogP contribution in [0.4, 0.5) is 18.9 Å². The Morgan fingerprint density at radius 3 is 2.51 bits per heavy atom. The number of benzene rings is 3. The fourth-order valence-electron chi connectivity index (χ4n) is 3.98. The van der Waals surface area contributed by atoms with Crippen molar-refractivity contribution in [3.05, 3.63) is 84.1 Å². The van der Waals surface area contributed by atoms with E-state index in [1.54, 1.807) is 18.2 Å². The molecule has 1 heterocycles. The maximum absolute atomic E-state index is 13.0. The molecule has 0 saturated carbocycles. The van der Waals surface area contributed by atoms with Gasteiger partial charge in [-0.25, -0.2) is 0 Å². The summed E-state index contributed by atoms with van der Waals surface area (Å²) >= 11 is 1.36. The van der Waals surface area contributed by atoms with Crippen LogP contribution in [-0.2, 0) is 17.5 Å². The van der Waals surface area contributed by atoms with Gasteiger partial charge < -0.3 is 24.7 Å². The van der Waals surface area contributed by atoms with Crippen molar-refractivity contribution in [1.29, 1.82) is 0 Å². The second-order valence-electron chi connectivity index (χ2n) is 8.44. The molecule has 39 heavy (non-hydrogen) atoms. The average Bonchev–Trinajstić information content (AvgIpc) is 3.29. The van der Waals surface area contributed by atoms with E-state index < -0.39 is 17.6 Å². The Bertz CT molecular complexity index is 1490. The van der Waals surface area contributed by atoms with E-state index in [1.807, 2.05) is 35.0 Å². The lowest BCUT2D eigenvalue weighted by atomic mass is 10.1. The highest BCUT2D eigenvalue weighted by atomic mass is 32.2. The Balaban J connectivity index is 1.40. The van der Waals surface area contributed by atoms with Gasteiger partial charge in [0.25, 0.3) is 5.91 Å². The number of halogens is 3. The molecule has 0 aliphatic carbocycles. The number of para-hydroxylation sites is 1. The molecule has 204 valence electrons. The van der Waals surface area contributed by atoms with E-state index in [9.17, 15) is 22.8 Å². The minimum atomic E-state index is -4.52. The molecule has 0 aliphatic rings. The number of aromatic nitrogens is 1. The molecule has 2 N–H and O–H groups in total. The third kappa shape index (κ3) is 6.85. The number of thioether (sulfide) groups is 1. The molecule has 2 amide bonds. The van der Waals surface area contributed by atoms with Crippen molar-refractivity contribution in [2.45, 2.75) is 17.6 Å². The van der Waals surface area contributed by atoms with Crippen molar-refractivity contribution in [3.8, 4) is 11.5 Å². The van der Waals surface area contributed by atoms with Crippen LogP contribution in [0.15, 0.2) is 77.8 Å². The number of hydrogen-bond donors (Lipinski definition) is 2. The summed E-state index contributed by atoms with van der Waals surface area (Å²) in [7, 11) is 3.05. The van der Waals surface area contributed by atoms with Crippen molar-refractivity contribution >= 4 is 40.2 Å². The van der Waals surface area contributed by atoms with Crippen LogP contribution in [-0.4, -0.2) is 42.9 Å². The summed E-state index contributed by atoms with van der Waals surface area (Å²) in [5.74, 6) is 0.425. The SMILES string of the molecule is COc1ccc(OC)c(NC(=O)CSc2cn(CCNC(=O)c3cccc(C(F)(F)F)c3)c3ccccc23)c1. The van der Waals surface area contributed by atoms with E-state index in [2.05, 4.69) is 10.6 Å². The highest BCUT2D eigenvalue weighted by molar-refractivity contribution is 8.00. The summed E-state index contributed by atoms with van der Waals surface area (Å²) in [5.41, 5.74) is 0.476. The molecule has 4 aromatic rings. The molecular formula is C28H26F3N3O4S. The summed E-state index contributed by atoms with van der Waals surface area (Å²) in [4.78, 5) is 26.0. The number of anilines is 1. The minimum absolute atomic E-state index is 0.0582. The summed E-state index contributed by atoms with van der Waals surface area (Å²) < 4.78 is 51.4. The Morgan fingerprint density at radius 1 is 0.974 bits per heavy atom. The maximum Gasteiger partial charge on any atom is 0.416 e. The van der Waals surface area contributed by atoms with Crippen LogP contribution in [0.2, 0.25) is 0 Å². The number of hydrogen-bond acceptors (Lipinski definition) is 5. The Kier molecular flexibility index (Phi) is 8.70. The smallest absolute Gasteiger partial charge is 0.416 e. The summed E-state index contributed by atoms with van der Waals surface area (Å²) in [6, 6.07) is 17.1. The molecule has 4 rings (SSSR count). The van der Waals surface area contributed by atoms with Crippen LogP contribution in [0, 0.1) is 0 Å². The van der Waals surface area contributed by atoms with E-state index in [4.69, 9.17) is 9.47 Å². The van der Waals surface area contributed by atoms with Gasteiger partial charge in [-0.2, -0.15) is 13.2 Å². The lowest BCUT2D eigenvalue weighted by molar-refractivity contribution is -0.137. The number of alkyl halides is 3. The normalized spacial score (nSPS) is 11.3. The molecule has 11 heteroatoms. The van der Waals surface area contributed by atoms with Gasteiger partial charge in [0.15, 0.2) is 0 Å². The van der Waals surface area contributed by atoms with Crippen LogP contribution in [0.1, 0.15) is 15.9 Å². The van der Waals surface area contributed by atoms with Crippen LogP contribution in [0.25, 0.3) is 10.9 Å². The van der Waals surface area contributed by atoms with Crippen LogP contribution in [0.3, 0.4) is 0 Å². The van der Waals surface area contributed by atoms with Gasteiger partial charge in [0.05, 0.1) is 31.2 Å². The number of carbonyl (C=O) groups excluding carboxylic acids is 2. The van der Waals surface area contributed by atoms with Gasteiger partial charge in [-0.15, -0.1) is 11.8 Å². The average molecular weight is 558 g/mol. The van der Waals surface area contributed by atoms with Crippen molar-refractivity contribution in [2.75, 3.05) is 31.8 Å². The predicted molar refractivity (Wildman–Crippen MR) is 145 cm³/mol. The number of carbonyl (C=O) groups is 2. The van der Waals surface area contributed by atoms with E-state index in [-0.39, 0.29) is 23.8 Å². The summed E-state index contributed by atoms with van der Waals surface area (Å²) in [6.07, 6.45) is -2.63. The van der Waals surface area contributed by atoms with Gasteiger partial charge in [-0.05, 0) is 36.4 Å². The zero-order valence-electron chi connectivity index (χ0n) is 21.2. The van der Waals surface area contributed by atoms with Gasteiger partial charge in [-0.3, -0.25) is 9.59 Å². The number of amides is 2. The fourth-order valence-corrected chi connectivity index (χ4v) is 4.87. The molecule has 0 unspecified atom stereocenters. The molecule has 0 radical (unpaired) electrons. The number of methoxy groups -OCH3 is 2. The first-order chi connectivity index (χ1) is 18.7. The Hall–Kier alpha value is -4.12. The zero-order valence-corrected chi connectivity index (χ0v) is 22.0. The lowest BCUT2D eigenvalue weighted by Crippen LogP contribution is -2.27. The molecule has 0 bridgehead atoms. The van der Waals surface area contributed by atoms with Crippen LogP contribution >= 0.6 is 11.8 Å². The van der Waals surface area contributed by atoms with E-state index in [0.717, 1.165) is 27.9 Å². The highest BCUT2D eigenvalue weighted by Crippen LogP contribution is 2.32. The number of nitrogens with zero attached hydrogens (tertiary/aromatic N) is 1. The van der Waals surface area contributed by atoms with E-state index >= 15 is 0 Å². The number of ether oxygens (including phenoxy) is 2. The summed E-state index contributed by atoms with van der Waals surface area (Å²) in [6.45, 7) is 0.590. The van der Waals surface area contributed by atoms with Crippen LogP contribution in [0.5, 0.6) is 11.5 Å².